The first-order valence-corrected chi connectivity index (χ1v) is 9.96. The standard InChI is InChI=1S/C18H18BrClF2N4O2/c19-13-14-15(11(7-12(20)25-14)24-8-9-3-1-5-27-9)26(18(21)22)16(13)17-10(23)4-2-6-28-17/h1,3,5,7,10,17-18H,2,4,6,8,23H2,(H,24,25)/t10-,17-/m1/s1. The predicted octanol–water partition coefficient (Wildman–Crippen LogP) is 5.23. The molecule has 0 saturated carbocycles. The van der Waals surface area contributed by atoms with Crippen LogP contribution in [0.15, 0.2) is 33.4 Å². The number of hydrogen-bond donors (Lipinski definition) is 2. The molecule has 0 aromatic carbocycles. The molecule has 0 spiro atoms. The maximum absolute atomic E-state index is 14.2. The Bertz CT molecular complexity index is 980. The number of nitrogens with two attached hydrogens (primary N) is 1. The first kappa shape index (κ1) is 19.6. The lowest BCUT2D eigenvalue weighted by Gasteiger charge is -2.30. The van der Waals surface area contributed by atoms with Crippen LogP contribution in [0.4, 0.5) is 14.5 Å². The molecule has 0 aliphatic carbocycles. The molecule has 1 saturated heterocycles. The monoisotopic (exact) mass is 474 g/mol. The molecule has 28 heavy (non-hydrogen) atoms. The minimum absolute atomic E-state index is 0.182. The van der Waals surface area contributed by atoms with Gasteiger partial charge in [0.05, 0.1) is 34.2 Å². The molecule has 3 aromatic rings. The number of rotatable bonds is 5. The number of nitrogens with one attached hydrogen (secondary N) is 1. The van der Waals surface area contributed by atoms with E-state index in [0.717, 1.165) is 11.0 Å². The van der Waals surface area contributed by atoms with Crippen molar-refractivity contribution in [2.75, 3.05) is 11.9 Å². The summed E-state index contributed by atoms with van der Waals surface area (Å²) in [5.74, 6) is 0.660. The Morgan fingerprint density at radius 1 is 1.46 bits per heavy atom. The van der Waals surface area contributed by atoms with Crippen molar-refractivity contribution in [2.45, 2.75) is 38.1 Å². The molecule has 0 bridgehead atoms. The van der Waals surface area contributed by atoms with Gasteiger partial charge in [0.25, 0.3) is 0 Å². The lowest BCUT2D eigenvalue weighted by Crippen LogP contribution is -2.36. The van der Waals surface area contributed by atoms with Gasteiger partial charge in [0.2, 0.25) is 0 Å². The maximum atomic E-state index is 14.2. The second-order valence-corrected chi connectivity index (χ2v) is 7.75. The molecule has 1 aliphatic heterocycles. The highest BCUT2D eigenvalue weighted by Crippen LogP contribution is 2.43. The van der Waals surface area contributed by atoms with Crippen LogP contribution < -0.4 is 11.1 Å². The molecular weight excluding hydrogens is 458 g/mol. The Morgan fingerprint density at radius 2 is 2.29 bits per heavy atom. The number of hydrogen-bond acceptors (Lipinski definition) is 5. The van der Waals surface area contributed by atoms with Crippen LogP contribution in [-0.2, 0) is 11.3 Å². The molecule has 6 nitrogen and oxygen atoms in total. The highest BCUT2D eigenvalue weighted by Gasteiger charge is 2.34. The topological polar surface area (TPSA) is 78.2 Å². The third-order valence-corrected chi connectivity index (χ3v) is 5.74. The van der Waals surface area contributed by atoms with E-state index in [2.05, 4.69) is 26.2 Å². The molecule has 4 rings (SSSR count). The van der Waals surface area contributed by atoms with Gasteiger partial charge in [0.15, 0.2) is 0 Å². The van der Waals surface area contributed by atoms with Crippen molar-refractivity contribution >= 4 is 44.3 Å². The minimum Gasteiger partial charge on any atom is -0.467 e. The average molecular weight is 476 g/mol. The van der Waals surface area contributed by atoms with E-state index < -0.39 is 12.7 Å². The zero-order valence-electron chi connectivity index (χ0n) is 14.7. The number of alkyl halides is 2. The number of ether oxygens (including phenoxy) is 1. The molecule has 4 heterocycles. The zero-order chi connectivity index (χ0) is 19.8. The largest absolute Gasteiger partial charge is 0.467 e. The molecule has 2 atom stereocenters. The van der Waals surface area contributed by atoms with Gasteiger partial charge in [-0.3, -0.25) is 4.57 Å². The Morgan fingerprint density at radius 3 is 2.96 bits per heavy atom. The third-order valence-electron chi connectivity index (χ3n) is 4.76. The van der Waals surface area contributed by atoms with E-state index in [1.165, 1.54) is 6.07 Å². The predicted molar refractivity (Wildman–Crippen MR) is 106 cm³/mol. The van der Waals surface area contributed by atoms with E-state index in [1.54, 1.807) is 18.4 Å². The second-order valence-electron chi connectivity index (χ2n) is 6.57. The molecule has 0 unspecified atom stereocenters. The quantitative estimate of drug-likeness (QED) is 0.494. The van der Waals surface area contributed by atoms with Crippen LogP contribution in [0.5, 0.6) is 0 Å². The van der Waals surface area contributed by atoms with E-state index in [9.17, 15) is 8.78 Å². The van der Waals surface area contributed by atoms with Gasteiger partial charge < -0.3 is 20.2 Å². The van der Waals surface area contributed by atoms with Crippen LogP contribution in [0.2, 0.25) is 5.15 Å². The van der Waals surface area contributed by atoms with E-state index in [1.807, 2.05) is 0 Å². The number of nitrogens with zero attached hydrogens (tertiary/aromatic N) is 2. The highest BCUT2D eigenvalue weighted by atomic mass is 79.9. The van der Waals surface area contributed by atoms with Crippen LogP contribution in [0, 0.1) is 0 Å². The van der Waals surface area contributed by atoms with Crippen LogP contribution >= 0.6 is 27.5 Å². The summed E-state index contributed by atoms with van der Waals surface area (Å²) < 4.78 is 40.8. The zero-order valence-corrected chi connectivity index (χ0v) is 17.0. The van der Waals surface area contributed by atoms with Crippen molar-refractivity contribution in [3.8, 4) is 0 Å². The SMILES string of the molecule is N[C@@H]1CCCO[C@H]1c1c(Br)c2nc(Cl)cc(NCc3ccco3)c2n1C(F)F. The smallest absolute Gasteiger partial charge is 0.319 e. The second kappa shape index (κ2) is 7.98. The highest BCUT2D eigenvalue weighted by molar-refractivity contribution is 9.10. The molecule has 3 N–H and O–H groups in total. The summed E-state index contributed by atoms with van der Waals surface area (Å²) in [7, 11) is 0. The van der Waals surface area contributed by atoms with Crippen LogP contribution in [-0.4, -0.2) is 22.2 Å². The Kier molecular flexibility index (Phi) is 5.59. The van der Waals surface area contributed by atoms with Crippen LogP contribution in [0.25, 0.3) is 11.0 Å². The van der Waals surface area contributed by atoms with Gasteiger partial charge in [-0.05, 0) is 40.9 Å². The van der Waals surface area contributed by atoms with Crippen LogP contribution in [0.1, 0.15) is 36.9 Å². The van der Waals surface area contributed by atoms with Gasteiger partial charge in [-0.1, -0.05) is 11.6 Å². The maximum Gasteiger partial charge on any atom is 0.319 e. The molecule has 3 aromatic heterocycles. The van der Waals surface area contributed by atoms with E-state index >= 15 is 0 Å². The molecule has 0 amide bonds. The van der Waals surface area contributed by atoms with Gasteiger partial charge in [-0.15, -0.1) is 0 Å². The number of pyridine rings is 1. The molecule has 150 valence electrons. The Hall–Kier alpha value is -1.68. The van der Waals surface area contributed by atoms with E-state index in [-0.39, 0.29) is 22.4 Å². The summed E-state index contributed by atoms with van der Waals surface area (Å²) in [4.78, 5) is 4.27. The Labute approximate surface area is 173 Å². The van der Waals surface area contributed by atoms with Crippen LogP contribution in [0.3, 0.4) is 0 Å². The van der Waals surface area contributed by atoms with Crippen molar-refractivity contribution in [1.29, 1.82) is 0 Å². The van der Waals surface area contributed by atoms with E-state index in [4.69, 9.17) is 26.5 Å². The number of furan rings is 1. The fourth-order valence-corrected chi connectivity index (χ4v) is 4.42. The van der Waals surface area contributed by atoms with Gasteiger partial charge in [-0.25, -0.2) is 4.98 Å². The summed E-state index contributed by atoms with van der Waals surface area (Å²) in [6.07, 6.45) is 2.37. The molecular formula is C18H18BrClF2N4O2. The summed E-state index contributed by atoms with van der Waals surface area (Å²) >= 11 is 9.60. The fourth-order valence-electron chi connectivity index (χ4n) is 3.53. The fraction of sp³-hybridized carbons (Fsp3) is 0.389. The first-order chi connectivity index (χ1) is 13.5. The van der Waals surface area contributed by atoms with Crippen molar-refractivity contribution < 1.29 is 17.9 Å². The summed E-state index contributed by atoms with van der Waals surface area (Å²) in [5.41, 5.74) is 7.43. The van der Waals surface area contributed by atoms with Gasteiger partial charge in [-0.2, -0.15) is 8.78 Å². The molecule has 10 heteroatoms. The van der Waals surface area contributed by atoms with Gasteiger partial charge >= 0.3 is 6.55 Å². The Balaban J connectivity index is 1.87. The van der Waals surface area contributed by atoms with Crippen molar-refractivity contribution in [3.05, 3.63) is 45.5 Å². The van der Waals surface area contributed by atoms with Gasteiger partial charge in [0.1, 0.15) is 22.5 Å². The normalized spacial score (nSPS) is 20.2. The summed E-state index contributed by atoms with van der Waals surface area (Å²) in [6.45, 7) is -2.04. The summed E-state index contributed by atoms with van der Waals surface area (Å²) in [6, 6.07) is 4.67. The van der Waals surface area contributed by atoms with Crippen molar-refractivity contribution in [2.24, 2.45) is 5.73 Å². The number of aromatic nitrogens is 2. The van der Waals surface area contributed by atoms with Crippen molar-refractivity contribution in [3.63, 3.8) is 0 Å². The lowest BCUT2D eigenvalue weighted by molar-refractivity contribution is -0.0146. The first-order valence-electron chi connectivity index (χ1n) is 8.78. The molecule has 0 radical (unpaired) electrons. The van der Waals surface area contributed by atoms with Crippen molar-refractivity contribution in [1.82, 2.24) is 9.55 Å². The number of fused-ring (bicyclic) bond motifs is 1. The number of anilines is 1. The molecule has 1 fully saturated rings. The van der Waals surface area contributed by atoms with Gasteiger partial charge in [0, 0.05) is 18.7 Å². The lowest BCUT2D eigenvalue weighted by atomic mass is 10.0. The minimum atomic E-state index is -2.81. The summed E-state index contributed by atoms with van der Waals surface area (Å²) in [5, 5.41) is 3.30. The number of halogens is 4. The molecule has 1 aliphatic rings. The van der Waals surface area contributed by atoms with E-state index in [0.29, 0.717) is 41.0 Å². The average Bonchev–Trinajstić information content (AvgIpc) is 3.27. The third kappa shape index (κ3) is 3.52.